The maximum Gasteiger partial charge on any atom is 0.349 e. The van der Waals surface area contributed by atoms with E-state index in [1.165, 1.54) is 50.3 Å². The minimum Gasteiger partial charge on any atom is -0.465 e. The van der Waals surface area contributed by atoms with Crippen LogP contribution in [0.15, 0.2) is 6.20 Å². The average Bonchev–Trinajstić information content (AvgIpc) is 3.17. The molecule has 0 aromatic carbocycles. The fraction of sp³-hybridized carbons (Fsp3) is 0.688. The Morgan fingerprint density at radius 3 is 2.73 bits per heavy atom. The topological polar surface area (TPSA) is 68.3 Å². The van der Waals surface area contributed by atoms with E-state index in [9.17, 15) is 9.59 Å². The van der Waals surface area contributed by atoms with Crippen molar-refractivity contribution in [3.63, 3.8) is 0 Å². The van der Waals surface area contributed by atoms with Crippen LogP contribution in [0.2, 0.25) is 0 Å². The van der Waals surface area contributed by atoms with Gasteiger partial charge in [-0.3, -0.25) is 4.79 Å². The number of methoxy groups -OCH3 is 1. The molecule has 2 rings (SSSR count). The summed E-state index contributed by atoms with van der Waals surface area (Å²) in [6, 6.07) is -0.193. The quantitative estimate of drug-likeness (QED) is 0.815. The van der Waals surface area contributed by atoms with Gasteiger partial charge in [-0.05, 0) is 19.3 Å². The zero-order valence-electron chi connectivity index (χ0n) is 13.4. The lowest BCUT2D eigenvalue weighted by atomic mass is 9.94. The molecule has 1 aromatic rings. The van der Waals surface area contributed by atoms with Crippen molar-refractivity contribution in [1.82, 2.24) is 10.3 Å². The fourth-order valence-electron chi connectivity index (χ4n) is 2.95. The molecule has 1 N–H and O–H groups in total. The standard InChI is InChI=1S/C16H24N2O3S/c1-10(8-12-6-4-5-7-12)14(19)18-11(2)15-17-9-13(22-15)16(20)21-3/h9-12H,4-8H2,1-3H3,(H,18,19)/t10-,11-/m0/s1. The summed E-state index contributed by atoms with van der Waals surface area (Å²) in [5.74, 6) is 0.388. The van der Waals surface area contributed by atoms with Crippen molar-refractivity contribution in [2.75, 3.05) is 7.11 Å². The Kier molecular flexibility index (Phi) is 5.94. The van der Waals surface area contributed by atoms with E-state index >= 15 is 0 Å². The normalized spacial score (nSPS) is 18.0. The molecule has 0 spiro atoms. The fourth-order valence-corrected chi connectivity index (χ4v) is 3.79. The second-order valence-electron chi connectivity index (χ2n) is 6.07. The van der Waals surface area contributed by atoms with Gasteiger partial charge in [-0.15, -0.1) is 11.3 Å². The molecular formula is C16H24N2O3S. The van der Waals surface area contributed by atoms with Gasteiger partial charge in [0.05, 0.1) is 19.3 Å². The molecule has 122 valence electrons. The molecule has 0 radical (unpaired) electrons. The Hall–Kier alpha value is -1.43. The van der Waals surface area contributed by atoms with Crippen LogP contribution in [0.1, 0.15) is 66.7 Å². The van der Waals surface area contributed by atoms with Crippen LogP contribution < -0.4 is 5.32 Å². The number of nitrogens with one attached hydrogen (secondary N) is 1. The third-order valence-corrected chi connectivity index (χ3v) is 5.41. The number of thiazole rings is 1. The van der Waals surface area contributed by atoms with Crippen LogP contribution in [0.5, 0.6) is 0 Å². The molecule has 6 heteroatoms. The first-order chi connectivity index (χ1) is 10.5. The molecule has 0 aliphatic heterocycles. The number of hydrogen-bond acceptors (Lipinski definition) is 5. The lowest BCUT2D eigenvalue weighted by molar-refractivity contribution is -0.125. The Morgan fingerprint density at radius 2 is 2.09 bits per heavy atom. The number of hydrogen-bond donors (Lipinski definition) is 1. The van der Waals surface area contributed by atoms with Gasteiger partial charge in [-0.25, -0.2) is 9.78 Å². The van der Waals surface area contributed by atoms with E-state index in [0.717, 1.165) is 11.4 Å². The molecule has 1 heterocycles. The number of esters is 1. The summed E-state index contributed by atoms with van der Waals surface area (Å²) in [4.78, 5) is 28.4. The van der Waals surface area contributed by atoms with Crippen LogP contribution >= 0.6 is 11.3 Å². The highest BCUT2D eigenvalue weighted by molar-refractivity contribution is 7.13. The summed E-state index contributed by atoms with van der Waals surface area (Å²) in [6.07, 6.45) is 7.56. The van der Waals surface area contributed by atoms with Crippen molar-refractivity contribution in [2.24, 2.45) is 11.8 Å². The lowest BCUT2D eigenvalue weighted by Gasteiger charge is -2.18. The van der Waals surface area contributed by atoms with E-state index in [2.05, 4.69) is 15.0 Å². The summed E-state index contributed by atoms with van der Waals surface area (Å²) >= 11 is 1.26. The number of amides is 1. The van der Waals surface area contributed by atoms with Crippen LogP contribution in [-0.2, 0) is 9.53 Å². The van der Waals surface area contributed by atoms with Crippen molar-refractivity contribution >= 4 is 23.2 Å². The summed E-state index contributed by atoms with van der Waals surface area (Å²) in [5.41, 5.74) is 0. The Balaban J connectivity index is 1.87. The Labute approximate surface area is 135 Å². The van der Waals surface area contributed by atoms with Crippen LogP contribution in [0.3, 0.4) is 0 Å². The molecule has 0 saturated heterocycles. The first kappa shape index (κ1) is 16.9. The van der Waals surface area contributed by atoms with Gasteiger partial charge in [0.2, 0.25) is 5.91 Å². The van der Waals surface area contributed by atoms with Gasteiger partial charge >= 0.3 is 5.97 Å². The molecule has 0 bridgehead atoms. The molecule has 22 heavy (non-hydrogen) atoms. The van der Waals surface area contributed by atoms with Gasteiger partial charge in [0.1, 0.15) is 9.88 Å². The van der Waals surface area contributed by atoms with E-state index in [4.69, 9.17) is 0 Å². The third-order valence-electron chi connectivity index (χ3n) is 4.25. The van der Waals surface area contributed by atoms with Crippen molar-refractivity contribution in [3.05, 3.63) is 16.1 Å². The van der Waals surface area contributed by atoms with Crippen molar-refractivity contribution < 1.29 is 14.3 Å². The Bertz CT molecular complexity index is 523. The van der Waals surface area contributed by atoms with Gasteiger partial charge in [-0.2, -0.15) is 0 Å². The molecule has 1 saturated carbocycles. The van der Waals surface area contributed by atoms with E-state index in [1.54, 1.807) is 0 Å². The minimum atomic E-state index is -0.392. The molecule has 1 amide bonds. The first-order valence-corrected chi connectivity index (χ1v) is 8.67. The zero-order chi connectivity index (χ0) is 16.1. The van der Waals surface area contributed by atoms with E-state index in [-0.39, 0.29) is 17.9 Å². The van der Waals surface area contributed by atoms with Crippen LogP contribution in [0, 0.1) is 11.8 Å². The molecular weight excluding hydrogens is 300 g/mol. The molecule has 1 aromatic heterocycles. The molecule has 1 aliphatic carbocycles. The molecule has 5 nitrogen and oxygen atoms in total. The van der Waals surface area contributed by atoms with Gasteiger partial charge in [-0.1, -0.05) is 32.6 Å². The van der Waals surface area contributed by atoms with Crippen molar-refractivity contribution in [2.45, 2.75) is 52.0 Å². The van der Waals surface area contributed by atoms with Gasteiger partial charge in [0.15, 0.2) is 0 Å². The highest BCUT2D eigenvalue weighted by atomic mass is 32.1. The maximum absolute atomic E-state index is 12.3. The minimum absolute atomic E-state index is 0.0191. The first-order valence-electron chi connectivity index (χ1n) is 7.85. The van der Waals surface area contributed by atoms with Crippen molar-refractivity contribution in [3.8, 4) is 0 Å². The monoisotopic (exact) mass is 324 g/mol. The Morgan fingerprint density at radius 1 is 1.41 bits per heavy atom. The van der Waals surface area contributed by atoms with Gasteiger partial charge < -0.3 is 10.1 Å². The van der Waals surface area contributed by atoms with E-state index in [1.807, 2.05) is 13.8 Å². The van der Waals surface area contributed by atoms with Crippen LogP contribution in [0.25, 0.3) is 0 Å². The largest absolute Gasteiger partial charge is 0.465 e. The van der Waals surface area contributed by atoms with E-state index in [0.29, 0.717) is 10.8 Å². The number of carbonyl (C=O) groups is 2. The van der Waals surface area contributed by atoms with E-state index < -0.39 is 5.97 Å². The zero-order valence-corrected chi connectivity index (χ0v) is 14.2. The maximum atomic E-state index is 12.3. The molecule has 1 fully saturated rings. The summed E-state index contributed by atoms with van der Waals surface area (Å²) in [7, 11) is 1.34. The second-order valence-corrected chi connectivity index (χ2v) is 7.13. The molecule has 1 aliphatic rings. The number of aromatic nitrogens is 1. The van der Waals surface area contributed by atoms with Gasteiger partial charge in [0, 0.05) is 5.92 Å². The van der Waals surface area contributed by atoms with Crippen LogP contribution in [0.4, 0.5) is 0 Å². The smallest absolute Gasteiger partial charge is 0.349 e. The predicted molar refractivity (Wildman–Crippen MR) is 85.8 cm³/mol. The highest BCUT2D eigenvalue weighted by Gasteiger charge is 2.24. The van der Waals surface area contributed by atoms with Crippen LogP contribution in [-0.4, -0.2) is 24.0 Å². The summed E-state index contributed by atoms with van der Waals surface area (Å²) in [6.45, 7) is 3.88. The summed E-state index contributed by atoms with van der Waals surface area (Å²) < 4.78 is 4.67. The third kappa shape index (κ3) is 4.29. The lowest BCUT2D eigenvalue weighted by Crippen LogP contribution is -2.32. The predicted octanol–water partition coefficient (Wildman–Crippen LogP) is 3.32. The average molecular weight is 324 g/mol. The number of nitrogens with zero attached hydrogens (tertiary/aromatic N) is 1. The SMILES string of the molecule is COC(=O)c1cnc([C@H](C)NC(=O)[C@@H](C)CC2CCCC2)s1. The second kappa shape index (κ2) is 7.72. The number of rotatable bonds is 6. The van der Waals surface area contributed by atoms with Crippen molar-refractivity contribution in [1.29, 1.82) is 0 Å². The molecule has 2 atom stereocenters. The van der Waals surface area contributed by atoms with Gasteiger partial charge in [0.25, 0.3) is 0 Å². The number of carbonyl (C=O) groups excluding carboxylic acids is 2. The summed E-state index contributed by atoms with van der Waals surface area (Å²) in [5, 5.41) is 3.72. The molecule has 0 unspecified atom stereocenters. The number of ether oxygens (including phenoxy) is 1. The highest BCUT2D eigenvalue weighted by Crippen LogP contribution is 2.30.